The van der Waals surface area contributed by atoms with Crippen LogP contribution in [0, 0.1) is 0 Å². The number of hydrogen-bond donors (Lipinski definition) is 5. The van der Waals surface area contributed by atoms with Crippen molar-refractivity contribution >= 4 is 38.8 Å². The first kappa shape index (κ1) is 17.9. The lowest BCUT2D eigenvalue weighted by molar-refractivity contribution is 0.0996. The van der Waals surface area contributed by atoms with Crippen LogP contribution in [0.1, 0.15) is 10.6 Å². The third-order valence-electron chi connectivity index (χ3n) is 3.98. The fourth-order valence-corrected chi connectivity index (χ4v) is 7.49. The van der Waals surface area contributed by atoms with Crippen molar-refractivity contribution in [2.45, 2.75) is 9.79 Å². The first-order valence-corrected chi connectivity index (χ1v) is 10.7. The summed E-state index contributed by atoms with van der Waals surface area (Å²) in [7, 11) is -7.22. The molecule has 4 rings (SSSR count). The Morgan fingerprint density at radius 2 is 1.44 bits per heavy atom. The number of carbonyl (C=O) groups excluding carboxylic acids is 1. The lowest BCUT2D eigenvalue weighted by Crippen LogP contribution is -2.24. The molecule has 0 radical (unpaired) electrons. The Labute approximate surface area is 158 Å². The number of anilines is 2. The molecule has 2 heterocycles. The van der Waals surface area contributed by atoms with Gasteiger partial charge >= 0.3 is 0 Å². The number of nitrogens with one attached hydrogen (secondary N) is 1. The van der Waals surface area contributed by atoms with Crippen LogP contribution in [0.5, 0.6) is 0 Å². The number of fused-ring (bicyclic) bond motifs is 1. The van der Waals surface area contributed by atoms with Crippen LogP contribution in [-0.4, -0.2) is 24.1 Å². The SMILES string of the molecule is O=C(Nc1ccc(N2S(O)(O)c3ccccc3S2(O)O)cc1)c1ccco1. The average molecular weight is 408 g/mol. The zero-order valence-corrected chi connectivity index (χ0v) is 15.4. The van der Waals surface area contributed by atoms with Crippen molar-refractivity contribution in [2.24, 2.45) is 0 Å². The van der Waals surface area contributed by atoms with E-state index < -0.39 is 27.5 Å². The average Bonchev–Trinajstić information content (AvgIpc) is 3.22. The van der Waals surface area contributed by atoms with Gasteiger partial charge in [0, 0.05) is 5.69 Å². The van der Waals surface area contributed by atoms with E-state index in [9.17, 15) is 23.0 Å². The molecule has 5 N–H and O–H groups in total. The lowest BCUT2D eigenvalue weighted by atomic mass is 10.3. The summed E-state index contributed by atoms with van der Waals surface area (Å²) in [6.07, 6.45) is 1.39. The molecule has 0 fully saturated rings. The molecule has 142 valence electrons. The van der Waals surface area contributed by atoms with Crippen LogP contribution in [0.3, 0.4) is 0 Å². The maximum absolute atomic E-state index is 12.0. The number of nitrogens with zero attached hydrogens (tertiary/aromatic N) is 1. The van der Waals surface area contributed by atoms with Gasteiger partial charge in [0.25, 0.3) is 5.91 Å². The van der Waals surface area contributed by atoms with E-state index in [4.69, 9.17) is 4.42 Å². The van der Waals surface area contributed by atoms with Gasteiger partial charge in [0.05, 0.1) is 12.0 Å². The van der Waals surface area contributed by atoms with Crippen molar-refractivity contribution in [1.82, 2.24) is 0 Å². The standard InChI is InChI=1S/C17H16N2O6S2/c20-17(14-4-3-11-25-14)18-12-7-9-13(10-8-12)19-26(21,22)15-5-1-2-6-16(15)27(19,23)24/h1-11,21-24H,(H,18,20). The van der Waals surface area contributed by atoms with Gasteiger partial charge in [0.2, 0.25) is 0 Å². The fraction of sp³-hybridized carbons (Fsp3) is 0. The van der Waals surface area contributed by atoms with Gasteiger partial charge in [-0.05, 0) is 48.5 Å². The summed E-state index contributed by atoms with van der Waals surface area (Å²) in [5, 5.41) is 2.63. The first-order valence-electron chi connectivity index (χ1n) is 7.73. The molecule has 27 heavy (non-hydrogen) atoms. The maximum Gasteiger partial charge on any atom is 0.291 e. The number of benzene rings is 2. The fourth-order valence-electron chi connectivity index (χ4n) is 2.79. The highest BCUT2D eigenvalue weighted by molar-refractivity contribution is 8.44. The highest BCUT2D eigenvalue weighted by Crippen LogP contribution is 2.77. The van der Waals surface area contributed by atoms with E-state index >= 15 is 0 Å². The van der Waals surface area contributed by atoms with Crippen molar-refractivity contribution < 1.29 is 27.4 Å². The molecule has 0 bridgehead atoms. The summed E-state index contributed by atoms with van der Waals surface area (Å²) >= 11 is 0. The Morgan fingerprint density at radius 1 is 0.852 bits per heavy atom. The van der Waals surface area contributed by atoms with Crippen LogP contribution < -0.4 is 9.03 Å². The third-order valence-corrected chi connectivity index (χ3v) is 8.60. The second kappa shape index (κ2) is 6.30. The zero-order chi connectivity index (χ0) is 19.2. The molecule has 2 aromatic carbocycles. The second-order valence-corrected chi connectivity index (χ2v) is 9.64. The molecule has 0 saturated heterocycles. The first-order chi connectivity index (χ1) is 12.8. The van der Waals surface area contributed by atoms with Crippen LogP contribution >= 0.6 is 21.6 Å². The quantitative estimate of drug-likeness (QED) is 0.408. The number of carbonyl (C=O) groups is 1. The molecule has 0 aliphatic carbocycles. The summed E-state index contributed by atoms with van der Waals surface area (Å²) < 4.78 is 48.3. The van der Waals surface area contributed by atoms with E-state index in [1.54, 1.807) is 18.2 Å². The van der Waals surface area contributed by atoms with E-state index in [1.807, 2.05) is 0 Å². The molecular formula is C17H16N2O6S2. The van der Waals surface area contributed by atoms with E-state index in [-0.39, 0.29) is 21.2 Å². The highest BCUT2D eigenvalue weighted by atomic mass is 32.4. The van der Waals surface area contributed by atoms with Gasteiger partial charge in [-0.2, -0.15) is 3.71 Å². The van der Waals surface area contributed by atoms with Crippen molar-refractivity contribution in [3.63, 3.8) is 0 Å². The summed E-state index contributed by atoms with van der Waals surface area (Å²) in [6.45, 7) is 0. The van der Waals surface area contributed by atoms with Gasteiger partial charge in [-0.1, -0.05) is 33.7 Å². The number of amides is 1. The van der Waals surface area contributed by atoms with E-state index in [0.717, 1.165) is 3.71 Å². The monoisotopic (exact) mass is 408 g/mol. The lowest BCUT2D eigenvalue weighted by Gasteiger charge is -2.45. The Bertz CT molecular complexity index is 954. The predicted octanol–water partition coefficient (Wildman–Crippen LogP) is 5.10. The maximum atomic E-state index is 12.0. The topological polar surface area (TPSA) is 126 Å². The normalized spacial score (nSPS) is 19.2. The third kappa shape index (κ3) is 2.88. The van der Waals surface area contributed by atoms with Crippen LogP contribution in [0.4, 0.5) is 11.4 Å². The predicted molar refractivity (Wildman–Crippen MR) is 104 cm³/mol. The second-order valence-electron chi connectivity index (χ2n) is 5.72. The van der Waals surface area contributed by atoms with Crippen LogP contribution in [0.15, 0.2) is 81.1 Å². The molecule has 1 amide bonds. The molecule has 0 saturated carbocycles. The zero-order valence-electron chi connectivity index (χ0n) is 13.7. The summed E-state index contributed by atoms with van der Waals surface area (Å²) in [6, 6.07) is 15.2. The van der Waals surface area contributed by atoms with E-state index in [1.165, 1.54) is 48.7 Å². The summed E-state index contributed by atoms with van der Waals surface area (Å²) in [5.74, 6) is -0.285. The largest absolute Gasteiger partial charge is 0.459 e. The smallest absolute Gasteiger partial charge is 0.291 e. The van der Waals surface area contributed by atoms with Crippen molar-refractivity contribution in [2.75, 3.05) is 9.03 Å². The van der Waals surface area contributed by atoms with Gasteiger partial charge < -0.3 is 9.73 Å². The Hall–Kier alpha value is -2.47. The minimum atomic E-state index is -3.61. The van der Waals surface area contributed by atoms with E-state index in [0.29, 0.717) is 5.69 Å². The van der Waals surface area contributed by atoms with Gasteiger partial charge in [-0.3, -0.25) is 23.0 Å². The molecule has 0 atom stereocenters. The van der Waals surface area contributed by atoms with Crippen LogP contribution in [0.25, 0.3) is 0 Å². The molecule has 0 spiro atoms. The van der Waals surface area contributed by atoms with Crippen LogP contribution in [0.2, 0.25) is 0 Å². The van der Waals surface area contributed by atoms with Gasteiger partial charge in [0.1, 0.15) is 9.79 Å². The molecular weight excluding hydrogens is 392 g/mol. The highest BCUT2D eigenvalue weighted by Gasteiger charge is 2.47. The Morgan fingerprint density at radius 3 is 1.96 bits per heavy atom. The van der Waals surface area contributed by atoms with Crippen molar-refractivity contribution in [3.05, 3.63) is 72.7 Å². The number of furan rings is 1. The Kier molecular flexibility index (Phi) is 4.18. The van der Waals surface area contributed by atoms with Gasteiger partial charge in [0.15, 0.2) is 5.76 Å². The van der Waals surface area contributed by atoms with Crippen molar-refractivity contribution in [3.8, 4) is 0 Å². The number of rotatable bonds is 3. The Balaban J connectivity index is 1.63. The van der Waals surface area contributed by atoms with E-state index in [2.05, 4.69) is 5.32 Å². The minimum Gasteiger partial charge on any atom is -0.459 e. The number of hydrogen-bond acceptors (Lipinski definition) is 7. The van der Waals surface area contributed by atoms with Gasteiger partial charge in [-0.25, -0.2) is 0 Å². The summed E-state index contributed by atoms with van der Waals surface area (Å²) in [5.41, 5.74) is 0.631. The molecule has 10 heteroatoms. The van der Waals surface area contributed by atoms with Gasteiger partial charge in [-0.15, -0.1) is 0 Å². The summed E-state index contributed by atoms with van der Waals surface area (Å²) in [4.78, 5) is 12.2. The molecule has 1 aromatic heterocycles. The minimum absolute atomic E-state index is 0.0835. The molecule has 8 nitrogen and oxygen atoms in total. The molecule has 1 aliphatic heterocycles. The molecule has 1 aliphatic rings. The van der Waals surface area contributed by atoms with Crippen LogP contribution in [-0.2, 0) is 0 Å². The molecule has 3 aromatic rings. The van der Waals surface area contributed by atoms with Crippen molar-refractivity contribution in [1.29, 1.82) is 0 Å². The molecule has 0 unspecified atom stereocenters.